The molecule has 39 heavy (non-hydrogen) atoms. The summed E-state index contributed by atoms with van der Waals surface area (Å²) in [5.41, 5.74) is 5.64. The molecule has 0 spiro atoms. The Bertz CT molecular complexity index is 1270. The van der Waals surface area contributed by atoms with E-state index in [0.29, 0.717) is 6.42 Å². The Hall–Kier alpha value is -2.65. The first kappa shape index (κ1) is 29.3. The molecule has 4 aromatic rings. The number of unbranched alkanes of at least 4 members (excludes halogenated alkanes) is 13. The van der Waals surface area contributed by atoms with Crippen LogP contribution in [0.15, 0.2) is 60.8 Å². The number of para-hydroxylation sites is 2. The summed E-state index contributed by atoms with van der Waals surface area (Å²) in [6.45, 7) is 5.41. The van der Waals surface area contributed by atoms with Crippen LogP contribution >= 0.6 is 0 Å². The van der Waals surface area contributed by atoms with Crippen molar-refractivity contribution >= 4 is 21.8 Å². The molecule has 4 rings (SSSR count). The summed E-state index contributed by atoms with van der Waals surface area (Å²) in [5.74, 6) is 0. The topological polar surface area (TPSA) is 39.9 Å². The zero-order valence-corrected chi connectivity index (χ0v) is 24.6. The highest BCUT2D eigenvalue weighted by molar-refractivity contribution is 5.85. The SMILES string of the molecule is CCCCCCCCCCCCCCCC[n+]1ccc(C[C@@H](O)c2c(C)[nH]c3ccccc23)c2ccccc21. The van der Waals surface area contributed by atoms with E-state index >= 15 is 0 Å². The third kappa shape index (κ3) is 8.42. The Labute approximate surface area is 236 Å². The lowest BCUT2D eigenvalue weighted by Crippen LogP contribution is -2.34. The van der Waals surface area contributed by atoms with Crippen LogP contribution in [-0.2, 0) is 13.0 Å². The molecule has 0 radical (unpaired) electrons. The first-order chi connectivity index (χ1) is 19.2. The van der Waals surface area contributed by atoms with Crippen LogP contribution in [0.5, 0.6) is 0 Å². The molecule has 0 fully saturated rings. The number of hydrogen-bond acceptors (Lipinski definition) is 1. The van der Waals surface area contributed by atoms with Gasteiger partial charge in [-0.25, -0.2) is 0 Å². The second kappa shape index (κ2) is 15.8. The lowest BCUT2D eigenvalue weighted by atomic mass is 9.96. The van der Waals surface area contributed by atoms with Gasteiger partial charge in [0.25, 0.3) is 0 Å². The van der Waals surface area contributed by atoms with Gasteiger partial charge in [0.05, 0.1) is 6.10 Å². The summed E-state index contributed by atoms with van der Waals surface area (Å²) in [5, 5.41) is 13.7. The summed E-state index contributed by atoms with van der Waals surface area (Å²) in [6, 6.07) is 19.2. The van der Waals surface area contributed by atoms with Gasteiger partial charge in [0.2, 0.25) is 5.52 Å². The first-order valence-corrected chi connectivity index (χ1v) is 15.8. The van der Waals surface area contributed by atoms with Crippen molar-refractivity contribution in [3.8, 4) is 0 Å². The number of nitrogens with one attached hydrogen (secondary N) is 1. The monoisotopic (exact) mass is 527 g/mol. The molecular weight excluding hydrogens is 476 g/mol. The minimum absolute atomic E-state index is 0.536. The number of aromatic amines is 1. The number of aromatic nitrogens is 2. The van der Waals surface area contributed by atoms with Gasteiger partial charge >= 0.3 is 0 Å². The number of benzene rings is 2. The van der Waals surface area contributed by atoms with Crippen LogP contribution in [0.1, 0.15) is 120 Å². The Morgan fingerprint density at radius 3 is 1.92 bits per heavy atom. The van der Waals surface area contributed by atoms with E-state index in [2.05, 4.69) is 72.1 Å². The van der Waals surface area contributed by atoms with Gasteiger partial charge in [0, 0.05) is 52.5 Å². The van der Waals surface area contributed by atoms with E-state index in [1.54, 1.807) is 0 Å². The molecule has 2 aromatic heterocycles. The molecule has 1 atom stereocenters. The average molecular weight is 528 g/mol. The Balaban J connectivity index is 1.22. The number of fused-ring (bicyclic) bond motifs is 2. The van der Waals surface area contributed by atoms with E-state index < -0.39 is 6.10 Å². The summed E-state index contributed by atoms with van der Waals surface area (Å²) in [6.07, 6.45) is 21.8. The van der Waals surface area contributed by atoms with Gasteiger partial charge in [-0.2, -0.15) is 4.57 Å². The van der Waals surface area contributed by atoms with Crippen molar-refractivity contribution < 1.29 is 9.67 Å². The number of aliphatic hydroxyl groups is 1. The quantitative estimate of drug-likeness (QED) is 0.0981. The Morgan fingerprint density at radius 2 is 1.26 bits per heavy atom. The number of rotatable bonds is 18. The van der Waals surface area contributed by atoms with Crippen molar-refractivity contribution in [1.29, 1.82) is 0 Å². The van der Waals surface area contributed by atoms with Crippen LogP contribution in [0.3, 0.4) is 0 Å². The zero-order chi connectivity index (χ0) is 27.3. The van der Waals surface area contributed by atoms with Crippen LogP contribution in [0.25, 0.3) is 21.8 Å². The first-order valence-electron chi connectivity index (χ1n) is 15.8. The molecule has 0 saturated carbocycles. The van der Waals surface area contributed by atoms with Crippen molar-refractivity contribution in [2.45, 2.75) is 123 Å². The highest BCUT2D eigenvalue weighted by Crippen LogP contribution is 2.31. The predicted molar refractivity (Wildman–Crippen MR) is 166 cm³/mol. The van der Waals surface area contributed by atoms with Crippen LogP contribution < -0.4 is 4.57 Å². The van der Waals surface area contributed by atoms with Crippen molar-refractivity contribution in [3.05, 3.63) is 77.6 Å². The minimum Gasteiger partial charge on any atom is -0.388 e. The third-order valence-electron chi connectivity index (χ3n) is 8.46. The summed E-state index contributed by atoms with van der Waals surface area (Å²) in [7, 11) is 0. The van der Waals surface area contributed by atoms with Crippen LogP contribution in [0, 0.1) is 6.92 Å². The van der Waals surface area contributed by atoms with Gasteiger partial charge < -0.3 is 10.1 Å². The molecule has 2 heterocycles. The number of pyridine rings is 1. The fraction of sp³-hybridized carbons (Fsp3) is 0.528. The van der Waals surface area contributed by atoms with Gasteiger partial charge in [-0.1, -0.05) is 114 Å². The molecule has 2 N–H and O–H groups in total. The Kier molecular flexibility index (Phi) is 11.9. The highest BCUT2D eigenvalue weighted by Gasteiger charge is 2.20. The lowest BCUT2D eigenvalue weighted by Gasteiger charge is -2.13. The molecule has 0 aliphatic rings. The molecule has 2 aromatic carbocycles. The standard InChI is InChI=1S/C36H51N2O/c1-3-4-5-6-7-8-9-10-11-12-13-14-15-20-26-38-27-25-30(31-21-17-19-24-34(31)38)28-35(39)36-29(2)37-33-23-18-16-22-32(33)36/h16-19,21-25,27,35,37,39H,3-15,20,26,28H2,1-2H3/q+1/t35-/m1/s1. The molecule has 3 heteroatoms. The minimum atomic E-state index is -0.536. The second-order valence-electron chi connectivity index (χ2n) is 11.6. The van der Waals surface area contributed by atoms with Crippen LogP contribution in [0.4, 0.5) is 0 Å². The number of nitrogens with zero attached hydrogens (tertiary/aromatic N) is 1. The van der Waals surface area contributed by atoms with E-state index in [4.69, 9.17) is 0 Å². The maximum atomic E-state index is 11.3. The molecule has 0 bridgehead atoms. The second-order valence-corrected chi connectivity index (χ2v) is 11.6. The van der Waals surface area contributed by atoms with Gasteiger partial charge in [0.15, 0.2) is 6.20 Å². The molecule has 0 aliphatic carbocycles. The molecule has 210 valence electrons. The predicted octanol–water partition coefficient (Wildman–Crippen LogP) is 9.67. The van der Waals surface area contributed by atoms with Gasteiger partial charge in [0.1, 0.15) is 6.54 Å². The van der Waals surface area contributed by atoms with Crippen LogP contribution in [-0.4, -0.2) is 10.1 Å². The molecular formula is C36H51N2O+. The number of aliphatic hydroxyl groups excluding tert-OH is 1. The van der Waals surface area contributed by atoms with Crippen molar-refractivity contribution in [2.75, 3.05) is 0 Å². The number of aryl methyl sites for hydroxylation is 2. The van der Waals surface area contributed by atoms with Crippen molar-refractivity contribution in [3.63, 3.8) is 0 Å². The van der Waals surface area contributed by atoms with E-state index in [-0.39, 0.29) is 0 Å². The third-order valence-corrected chi connectivity index (χ3v) is 8.46. The summed E-state index contributed by atoms with van der Waals surface area (Å²) >= 11 is 0. The normalized spacial score (nSPS) is 12.5. The Morgan fingerprint density at radius 1 is 0.692 bits per heavy atom. The van der Waals surface area contributed by atoms with E-state index in [9.17, 15) is 5.11 Å². The molecule has 0 saturated heterocycles. The van der Waals surface area contributed by atoms with Crippen molar-refractivity contribution in [1.82, 2.24) is 4.98 Å². The zero-order valence-electron chi connectivity index (χ0n) is 24.6. The lowest BCUT2D eigenvalue weighted by molar-refractivity contribution is -0.671. The smallest absolute Gasteiger partial charge is 0.212 e. The average Bonchev–Trinajstić information content (AvgIpc) is 3.30. The molecule has 0 unspecified atom stereocenters. The summed E-state index contributed by atoms with van der Waals surface area (Å²) < 4.78 is 2.41. The van der Waals surface area contributed by atoms with Crippen LogP contribution in [0.2, 0.25) is 0 Å². The van der Waals surface area contributed by atoms with E-state index in [1.807, 2.05) is 12.1 Å². The van der Waals surface area contributed by atoms with E-state index in [0.717, 1.165) is 28.7 Å². The highest BCUT2D eigenvalue weighted by atomic mass is 16.3. The maximum Gasteiger partial charge on any atom is 0.212 e. The molecule has 3 nitrogen and oxygen atoms in total. The van der Waals surface area contributed by atoms with Gasteiger partial charge in [-0.05, 0) is 31.0 Å². The number of H-pyrrole nitrogens is 1. The van der Waals surface area contributed by atoms with Gasteiger partial charge in [-0.3, -0.25) is 0 Å². The largest absolute Gasteiger partial charge is 0.388 e. The molecule has 0 amide bonds. The van der Waals surface area contributed by atoms with Gasteiger partial charge in [-0.15, -0.1) is 0 Å². The fourth-order valence-corrected chi connectivity index (χ4v) is 6.23. The maximum absolute atomic E-state index is 11.3. The molecule has 0 aliphatic heterocycles. The fourth-order valence-electron chi connectivity index (χ4n) is 6.23. The van der Waals surface area contributed by atoms with Crippen molar-refractivity contribution in [2.24, 2.45) is 0 Å². The number of hydrogen-bond donors (Lipinski definition) is 2. The van der Waals surface area contributed by atoms with E-state index in [1.165, 1.54) is 106 Å². The summed E-state index contributed by atoms with van der Waals surface area (Å²) in [4.78, 5) is 3.44.